The minimum Gasteiger partial charge on any atom is -0.493 e. The number of para-hydroxylation sites is 1. The van der Waals surface area contributed by atoms with E-state index < -0.39 is 0 Å². The number of rotatable bonds is 1. The first kappa shape index (κ1) is 9.19. The van der Waals surface area contributed by atoms with Crippen LogP contribution in [0.5, 0.6) is 11.5 Å². The van der Waals surface area contributed by atoms with Crippen LogP contribution in [0.15, 0.2) is 18.2 Å². The molecule has 1 aliphatic rings. The molecular formula is C11H15NO2. The van der Waals surface area contributed by atoms with Gasteiger partial charge in [-0.3, -0.25) is 0 Å². The highest BCUT2D eigenvalue weighted by Gasteiger charge is 2.11. The number of anilines is 1. The van der Waals surface area contributed by atoms with Gasteiger partial charge in [0.25, 0.3) is 0 Å². The van der Waals surface area contributed by atoms with Crippen LogP contribution < -0.4 is 14.8 Å². The van der Waals surface area contributed by atoms with E-state index in [0.29, 0.717) is 0 Å². The van der Waals surface area contributed by atoms with E-state index in [4.69, 9.17) is 9.47 Å². The second kappa shape index (κ2) is 4.22. The molecule has 0 saturated heterocycles. The van der Waals surface area contributed by atoms with Crippen molar-refractivity contribution in [3.05, 3.63) is 18.2 Å². The van der Waals surface area contributed by atoms with Crippen LogP contribution >= 0.6 is 0 Å². The van der Waals surface area contributed by atoms with E-state index in [1.54, 1.807) is 7.11 Å². The van der Waals surface area contributed by atoms with Crippen molar-refractivity contribution in [1.29, 1.82) is 0 Å². The lowest BCUT2D eigenvalue weighted by Gasteiger charge is -2.18. The van der Waals surface area contributed by atoms with Gasteiger partial charge in [0, 0.05) is 6.54 Å². The molecule has 0 amide bonds. The summed E-state index contributed by atoms with van der Waals surface area (Å²) in [6, 6.07) is 5.90. The second-order valence-electron chi connectivity index (χ2n) is 3.32. The molecule has 1 heterocycles. The normalized spacial score (nSPS) is 15.5. The van der Waals surface area contributed by atoms with Gasteiger partial charge in [0.2, 0.25) is 0 Å². The van der Waals surface area contributed by atoms with Crippen LogP contribution in [0.2, 0.25) is 0 Å². The lowest BCUT2D eigenvalue weighted by Crippen LogP contribution is -2.11. The van der Waals surface area contributed by atoms with Gasteiger partial charge in [0.1, 0.15) is 0 Å². The van der Waals surface area contributed by atoms with Crippen molar-refractivity contribution < 1.29 is 9.47 Å². The number of ether oxygens (including phenoxy) is 2. The summed E-state index contributed by atoms with van der Waals surface area (Å²) >= 11 is 0. The smallest absolute Gasteiger partial charge is 0.184 e. The monoisotopic (exact) mass is 193 g/mol. The van der Waals surface area contributed by atoms with Gasteiger partial charge in [-0.1, -0.05) is 6.07 Å². The zero-order chi connectivity index (χ0) is 9.80. The molecule has 3 nitrogen and oxygen atoms in total. The van der Waals surface area contributed by atoms with Gasteiger partial charge < -0.3 is 14.8 Å². The molecule has 0 spiro atoms. The zero-order valence-corrected chi connectivity index (χ0v) is 8.38. The Morgan fingerprint density at radius 3 is 3.14 bits per heavy atom. The molecule has 3 heteroatoms. The van der Waals surface area contributed by atoms with Crippen molar-refractivity contribution in [3.8, 4) is 11.5 Å². The molecule has 0 unspecified atom stereocenters. The average molecular weight is 193 g/mol. The molecule has 1 aromatic carbocycles. The first-order chi connectivity index (χ1) is 6.92. The first-order valence-corrected chi connectivity index (χ1v) is 4.95. The summed E-state index contributed by atoms with van der Waals surface area (Å²) in [5, 5.41) is 3.33. The van der Waals surface area contributed by atoms with E-state index in [-0.39, 0.29) is 0 Å². The maximum Gasteiger partial charge on any atom is 0.184 e. The van der Waals surface area contributed by atoms with Crippen LogP contribution in [0, 0.1) is 0 Å². The topological polar surface area (TPSA) is 30.5 Å². The van der Waals surface area contributed by atoms with E-state index >= 15 is 0 Å². The molecule has 1 aromatic rings. The van der Waals surface area contributed by atoms with Gasteiger partial charge in [-0.05, 0) is 25.0 Å². The van der Waals surface area contributed by atoms with Crippen molar-refractivity contribution in [3.63, 3.8) is 0 Å². The van der Waals surface area contributed by atoms with Crippen molar-refractivity contribution in [2.45, 2.75) is 12.8 Å². The summed E-state index contributed by atoms with van der Waals surface area (Å²) in [6.45, 7) is 1.78. The Balaban J connectivity index is 2.33. The molecule has 0 fully saturated rings. The van der Waals surface area contributed by atoms with Gasteiger partial charge in [0.05, 0.1) is 19.4 Å². The Hall–Kier alpha value is -1.38. The first-order valence-electron chi connectivity index (χ1n) is 4.95. The minimum atomic E-state index is 0.773. The number of methoxy groups -OCH3 is 1. The van der Waals surface area contributed by atoms with E-state index in [1.807, 2.05) is 18.2 Å². The highest BCUT2D eigenvalue weighted by atomic mass is 16.5. The van der Waals surface area contributed by atoms with E-state index in [9.17, 15) is 0 Å². The van der Waals surface area contributed by atoms with Crippen LogP contribution in [0.25, 0.3) is 0 Å². The van der Waals surface area contributed by atoms with Crippen LogP contribution in [0.3, 0.4) is 0 Å². The zero-order valence-electron chi connectivity index (χ0n) is 8.38. The fraction of sp³-hybridized carbons (Fsp3) is 0.455. The molecule has 0 bridgehead atoms. The molecule has 14 heavy (non-hydrogen) atoms. The molecular weight excluding hydrogens is 178 g/mol. The van der Waals surface area contributed by atoms with E-state index in [2.05, 4.69) is 5.32 Å². The third-order valence-corrected chi connectivity index (χ3v) is 2.33. The molecule has 0 aromatic heterocycles. The predicted octanol–water partition coefficient (Wildman–Crippen LogP) is 2.28. The maximum atomic E-state index is 5.66. The summed E-state index contributed by atoms with van der Waals surface area (Å²) in [7, 11) is 1.66. The molecule has 0 atom stereocenters. The number of benzene rings is 1. The predicted molar refractivity (Wildman–Crippen MR) is 56.2 cm³/mol. The Morgan fingerprint density at radius 1 is 1.36 bits per heavy atom. The van der Waals surface area contributed by atoms with Crippen molar-refractivity contribution in [1.82, 2.24) is 0 Å². The van der Waals surface area contributed by atoms with Gasteiger partial charge in [-0.2, -0.15) is 0 Å². The fourth-order valence-corrected chi connectivity index (χ4v) is 1.59. The average Bonchev–Trinajstić information content (AvgIpc) is 2.18. The number of fused-ring (bicyclic) bond motifs is 1. The number of hydrogen-bond acceptors (Lipinski definition) is 3. The Labute approximate surface area is 84.0 Å². The summed E-state index contributed by atoms with van der Waals surface area (Å²) in [5.41, 5.74) is 1.03. The summed E-state index contributed by atoms with van der Waals surface area (Å²) < 4.78 is 10.9. The minimum absolute atomic E-state index is 0.773. The third kappa shape index (κ3) is 1.76. The largest absolute Gasteiger partial charge is 0.493 e. The van der Waals surface area contributed by atoms with Crippen molar-refractivity contribution >= 4 is 5.69 Å². The molecule has 2 rings (SSSR count). The molecule has 0 saturated carbocycles. The van der Waals surface area contributed by atoms with E-state index in [0.717, 1.165) is 43.2 Å². The molecule has 1 aliphatic heterocycles. The Bertz CT molecular complexity index is 312. The Morgan fingerprint density at radius 2 is 2.29 bits per heavy atom. The van der Waals surface area contributed by atoms with Crippen LogP contribution in [0.4, 0.5) is 5.69 Å². The SMILES string of the molecule is COc1cccc2c1OCCCCN2. The number of hydrogen-bond donors (Lipinski definition) is 1. The third-order valence-electron chi connectivity index (χ3n) is 2.33. The summed E-state index contributed by atoms with van der Waals surface area (Å²) in [4.78, 5) is 0. The summed E-state index contributed by atoms with van der Waals surface area (Å²) in [6.07, 6.45) is 2.24. The van der Waals surface area contributed by atoms with Crippen LogP contribution in [-0.2, 0) is 0 Å². The van der Waals surface area contributed by atoms with Gasteiger partial charge in [-0.15, -0.1) is 0 Å². The van der Waals surface area contributed by atoms with Gasteiger partial charge in [0.15, 0.2) is 11.5 Å². The van der Waals surface area contributed by atoms with E-state index in [1.165, 1.54) is 0 Å². The molecule has 76 valence electrons. The number of nitrogens with one attached hydrogen (secondary N) is 1. The molecule has 1 N–H and O–H groups in total. The molecule has 0 radical (unpaired) electrons. The fourth-order valence-electron chi connectivity index (χ4n) is 1.59. The lowest BCUT2D eigenvalue weighted by atomic mass is 10.2. The van der Waals surface area contributed by atoms with Gasteiger partial charge in [-0.25, -0.2) is 0 Å². The quantitative estimate of drug-likeness (QED) is 0.742. The molecule has 0 aliphatic carbocycles. The van der Waals surface area contributed by atoms with Crippen molar-refractivity contribution in [2.75, 3.05) is 25.6 Å². The van der Waals surface area contributed by atoms with Crippen molar-refractivity contribution in [2.24, 2.45) is 0 Å². The Kier molecular flexibility index (Phi) is 2.77. The standard InChI is InChI=1S/C11H15NO2/c1-13-10-6-4-5-9-11(10)14-8-3-2-7-12-9/h4-6,12H,2-3,7-8H2,1H3. The lowest BCUT2D eigenvalue weighted by molar-refractivity contribution is 0.285. The highest BCUT2D eigenvalue weighted by molar-refractivity contribution is 5.63. The second-order valence-corrected chi connectivity index (χ2v) is 3.32. The van der Waals surface area contributed by atoms with Crippen LogP contribution in [-0.4, -0.2) is 20.3 Å². The van der Waals surface area contributed by atoms with Gasteiger partial charge >= 0.3 is 0 Å². The van der Waals surface area contributed by atoms with Crippen LogP contribution in [0.1, 0.15) is 12.8 Å². The maximum absolute atomic E-state index is 5.66. The summed E-state index contributed by atoms with van der Waals surface area (Å²) in [5.74, 6) is 1.65. The highest BCUT2D eigenvalue weighted by Crippen LogP contribution is 2.35.